The van der Waals surface area contributed by atoms with Crippen LogP contribution in [0.2, 0.25) is 0 Å². The normalized spacial score (nSPS) is 11.8. The van der Waals surface area contributed by atoms with Crippen molar-refractivity contribution in [2.24, 2.45) is 0 Å². The lowest BCUT2D eigenvalue weighted by Crippen LogP contribution is -2.22. The van der Waals surface area contributed by atoms with Crippen LogP contribution in [0.5, 0.6) is 11.5 Å². The molecule has 0 bridgehead atoms. The average Bonchev–Trinajstić information content (AvgIpc) is 3.35. The van der Waals surface area contributed by atoms with E-state index in [0.717, 1.165) is 5.69 Å². The topological polar surface area (TPSA) is 109 Å². The number of ketones is 1. The summed E-state index contributed by atoms with van der Waals surface area (Å²) in [6.07, 6.45) is 0. The van der Waals surface area contributed by atoms with E-state index in [1.165, 1.54) is 19.1 Å². The molecule has 2 heterocycles. The van der Waals surface area contributed by atoms with Crippen LogP contribution in [-0.2, 0) is 9.53 Å². The molecule has 9 nitrogen and oxygen atoms in total. The van der Waals surface area contributed by atoms with Gasteiger partial charge in [0.2, 0.25) is 6.79 Å². The third kappa shape index (κ3) is 4.04. The molecule has 1 aliphatic heterocycles. The van der Waals surface area contributed by atoms with Crippen molar-refractivity contribution in [3.8, 4) is 17.2 Å². The first-order valence-corrected chi connectivity index (χ1v) is 9.88. The number of Topliss-reactive ketones (excluding diaryl/α,β-unsaturated/α-hetero) is 1. The van der Waals surface area contributed by atoms with Gasteiger partial charge in [0.05, 0.1) is 22.8 Å². The van der Waals surface area contributed by atoms with E-state index in [2.05, 4.69) is 10.4 Å². The molecule has 0 radical (unpaired) electrons. The van der Waals surface area contributed by atoms with Crippen molar-refractivity contribution in [2.45, 2.75) is 20.8 Å². The number of anilines is 1. The van der Waals surface area contributed by atoms with Crippen LogP contribution in [0, 0.1) is 13.8 Å². The first-order chi connectivity index (χ1) is 15.3. The third-order valence-electron chi connectivity index (χ3n) is 5.00. The number of para-hydroxylation sites is 1. The average molecular weight is 435 g/mol. The molecule has 3 aromatic rings. The predicted molar refractivity (Wildman–Crippen MR) is 115 cm³/mol. The van der Waals surface area contributed by atoms with Crippen molar-refractivity contribution in [2.75, 3.05) is 18.7 Å². The molecule has 1 aliphatic rings. The Bertz CT molecular complexity index is 1220. The molecule has 164 valence electrons. The summed E-state index contributed by atoms with van der Waals surface area (Å²) in [4.78, 5) is 37.0. The summed E-state index contributed by atoms with van der Waals surface area (Å²) in [6, 6.07) is 12.4. The molecule has 4 rings (SSSR count). The number of ether oxygens (including phenoxy) is 3. The maximum atomic E-state index is 12.7. The van der Waals surface area contributed by atoms with Gasteiger partial charge in [-0.1, -0.05) is 18.2 Å². The van der Waals surface area contributed by atoms with Gasteiger partial charge in [0, 0.05) is 11.6 Å². The third-order valence-corrected chi connectivity index (χ3v) is 5.00. The van der Waals surface area contributed by atoms with E-state index in [9.17, 15) is 14.4 Å². The standard InChI is InChI=1S/C23H21N3O6/c1-13-22(14(2)26(25-13)16-7-5-4-6-8-16)23(29)30-11-21(28)24-18-10-20-19(31-12-32-20)9-17(18)15(3)27/h4-10H,11-12H2,1-3H3,(H,24,28). The number of hydrogen-bond donors (Lipinski definition) is 1. The number of nitrogens with zero attached hydrogens (tertiary/aromatic N) is 2. The number of nitrogens with one attached hydrogen (secondary N) is 1. The van der Waals surface area contributed by atoms with Crippen molar-refractivity contribution in [3.63, 3.8) is 0 Å². The van der Waals surface area contributed by atoms with Gasteiger partial charge >= 0.3 is 5.97 Å². The van der Waals surface area contributed by atoms with Crippen LogP contribution in [0.1, 0.15) is 39.0 Å². The largest absolute Gasteiger partial charge is 0.454 e. The minimum absolute atomic E-state index is 0.0387. The molecule has 2 aromatic carbocycles. The maximum Gasteiger partial charge on any atom is 0.342 e. The van der Waals surface area contributed by atoms with Crippen LogP contribution in [-0.4, -0.2) is 40.8 Å². The van der Waals surface area contributed by atoms with E-state index in [0.29, 0.717) is 28.5 Å². The highest BCUT2D eigenvalue weighted by atomic mass is 16.7. The van der Waals surface area contributed by atoms with Gasteiger partial charge in [0.1, 0.15) is 5.56 Å². The van der Waals surface area contributed by atoms with E-state index < -0.39 is 18.5 Å². The Labute approximate surface area is 183 Å². The highest BCUT2D eigenvalue weighted by Gasteiger charge is 2.23. The molecule has 0 aliphatic carbocycles. The Morgan fingerprint density at radius 2 is 1.78 bits per heavy atom. The Balaban J connectivity index is 1.46. The molecule has 1 aromatic heterocycles. The minimum atomic E-state index is -0.658. The first kappa shape index (κ1) is 21.1. The van der Waals surface area contributed by atoms with Crippen LogP contribution in [0.15, 0.2) is 42.5 Å². The number of aromatic nitrogens is 2. The number of benzene rings is 2. The molecule has 32 heavy (non-hydrogen) atoms. The van der Waals surface area contributed by atoms with Crippen LogP contribution in [0.25, 0.3) is 5.69 Å². The van der Waals surface area contributed by atoms with E-state index in [1.807, 2.05) is 30.3 Å². The summed E-state index contributed by atoms with van der Waals surface area (Å²) in [7, 11) is 0. The summed E-state index contributed by atoms with van der Waals surface area (Å²) in [5.41, 5.74) is 2.73. The molecule has 0 fully saturated rings. The van der Waals surface area contributed by atoms with Gasteiger partial charge in [-0.3, -0.25) is 9.59 Å². The molecule has 9 heteroatoms. The Morgan fingerprint density at radius 1 is 1.09 bits per heavy atom. The van der Waals surface area contributed by atoms with Crippen molar-refractivity contribution in [3.05, 3.63) is 65.0 Å². The van der Waals surface area contributed by atoms with Gasteiger partial charge in [-0.2, -0.15) is 5.10 Å². The van der Waals surface area contributed by atoms with Gasteiger partial charge in [-0.25, -0.2) is 9.48 Å². The SMILES string of the molecule is CC(=O)c1cc2c(cc1NC(=O)COC(=O)c1c(C)nn(-c3ccccc3)c1C)OCO2. The lowest BCUT2D eigenvalue weighted by molar-refractivity contribution is -0.119. The predicted octanol–water partition coefficient (Wildman–Crippen LogP) is 3.22. The summed E-state index contributed by atoms with van der Waals surface area (Å²) in [6.45, 7) is 4.35. The van der Waals surface area contributed by atoms with E-state index in [-0.39, 0.29) is 23.8 Å². The molecular weight excluding hydrogens is 414 g/mol. The molecule has 0 atom stereocenters. The zero-order valence-corrected chi connectivity index (χ0v) is 17.8. The quantitative estimate of drug-likeness (QED) is 0.468. The van der Waals surface area contributed by atoms with Crippen molar-refractivity contribution in [1.82, 2.24) is 9.78 Å². The fourth-order valence-electron chi connectivity index (χ4n) is 3.48. The van der Waals surface area contributed by atoms with Gasteiger partial charge in [0.15, 0.2) is 23.9 Å². The van der Waals surface area contributed by atoms with Gasteiger partial charge in [0.25, 0.3) is 5.91 Å². The molecule has 1 amide bonds. The van der Waals surface area contributed by atoms with E-state index in [4.69, 9.17) is 14.2 Å². The smallest absolute Gasteiger partial charge is 0.342 e. The van der Waals surface area contributed by atoms with Crippen molar-refractivity contribution in [1.29, 1.82) is 0 Å². The molecule has 0 unspecified atom stereocenters. The van der Waals surface area contributed by atoms with Crippen molar-refractivity contribution < 1.29 is 28.6 Å². The van der Waals surface area contributed by atoms with Gasteiger partial charge in [-0.15, -0.1) is 0 Å². The van der Waals surface area contributed by atoms with Crippen LogP contribution >= 0.6 is 0 Å². The van der Waals surface area contributed by atoms with Gasteiger partial charge < -0.3 is 19.5 Å². The second-order valence-electron chi connectivity index (χ2n) is 7.22. The summed E-state index contributed by atoms with van der Waals surface area (Å²) >= 11 is 0. The number of rotatable bonds is 6. The number of hydrogen-bond acceptors (Lipinski definition) is 7. The maximum absolute atomic E-state index is 12.7. The molecule has 0 saturated heterocycles. The Morgan fingerprint density at radius 3 is 2.47 bits per heavy atom. The van der Waals surface area contributed by atoms with Crippen molar-refractivity contribution >= 4 is 23.3 Å². The lowest BCUT2D eigenvalue weighted by atomic mass is 10.1. The van der Waals surface area contributed by atoms with Crippen LogP contribution in [0.3, 0.4) is 0 Å². The summed E-state index contributed by atoms with van der Waals surface area (Å²) < 4.78 is 17.4. The number of fused-ring (bicyclic) bond motifs is 1. The highest BCUT2D eigenvalue weighted by molar-refractivity contribution is 6.05. The number of amides is 1. The van der Waals surface area contributed by atoms with Crippen LogP contribution in [0.4, 0.5) is 5.69 Å². The Kier molecular flexibility index (Phi) is 5.63. The zero-order valence-electron chi connectivity index (χ0n) is 17.8. The number of carbonyl (C=O) groups excluding carboxylic acids is 3. The number of carbonyl (C=O) groups is 3. The fraction of sp³-hybridized carbons (Fsp3) is 0.217. The number of aryl methyl sites for hydroxylation is 1. The summed E-state index contributed by atoms with van der Waals surface area (Å²) in [5, 5.41) is 7.01. The monoisotopic (exact) mass is 435 g/mol. The molecule has 1 N–H and O–H groups in total. The van der Waals surface area contributed by atoms with E-state index >= 15 is 0 Å². The lowest BCUT2D eigenvalue weighted by Gasteiger charge is -2.11. The van der Waals surface area contributed by atoms with Gasteiger partial charge in [-0.05, 0) is 39.0 Å². The Hall–Kier alpha value is -4.14. The molecular formula is C23H21N3O6. The minimum Gasteiger partial charge on any atom is -0.454 e. The first-order valence-electron chi connectivity index (χ1n) is 9.88. The molecule has 0 spiro atoms. The van der Waals surface area contributed by atoms with Crippen LogP contribution < -0.4 is 14.8 Å². The second kappa shape index (κ2) is 8.54. The van der Waals surface area contributed by atoms with E-state index in [1.54, 1.807) is 18.5 Å². The fourth-order valence-corrected chi connectivity index (χ4v) is 3.48. The highest BCUT2D eigenvalue weighted by Crippen LogP contribution is 2.37. The zero-order chi connectivity index (χ0) is 22.8. The second-order valence-corrected chi connectivity index (χ2v) is 7.22. The summed E-state index contributed by atoms with van der Waals surface area (Å²) in [5.74, 6) is -0.654. The number of esters is 1. The molecule has 0 saturated carbocycles.